The van der Waals surface area contributed by atoms with Crippen molar-refractivity contribution in [2.45, 2.75) is 51.7 Å². The molecule has 1 aliphatic carbocycles. The molecule has 0 aromatic heterocycles. The minimum atomic E-state index is -0.481. The lowest BCUT2D eigenvalue weighted by Gasteiger charge is -2.22. The SMILES string of the molecule is CC[C@H](C)NC(=O)NC(=O)CN(Cc1ccccc1F)C1CC1. The first-order valence-electron chi connectivity index (χ1n) is 8.07. The number of carbonyl (C=O) groups excluding carboxylic acids is 2. The topological polar surface area (TPSA) is 61.4 Å². The minimum absolute atomic E-state index is 0.0146. The summed E-state index contributed by atoms with van der Waals surface area (Å²) in [5.41, 5.74) is 0.566. The third-order valence-electron chi connectivity index (χ3n) is 3.98. The van der Waals surface area contributed by atoms with E-state index in [1.807, 2.05) is 18.7 Å². The highest BCUT2D eigenvalue weighted by atomic mass is 19.1. The highest BCUT2D eigenvalue weighted by Crippen LogP contribution is 2.28. The molecule has 23 heavy (non-hydrogen) atoms. The smallest absolute Gasteiger partial charge is 0.321 e. The molecule has 1 fully saturated rings. The molecule has 1 aromatic carbocycles. The molecule has 1 aromatic rings. The van der Waals surface area contributed by atoms with Gasteiger partial charge in [-0.05, 0) is 32.3 Å². The Bertz CT molecular complexity index is 561. The number of carbonyl (C=O) groups is 2. The van der Waals surface area contributed by atoms with Gasteiger partial charge < -0.3 is 5.32 Å². The van der Waals surface area contributed by atoms with E-state index >= 15 is 0 Å². The molecule has 1 aliphatic rings. The molecule has 0 saturated heterocycles. The fourth-order valence-electron chi connectivity index (χ4n) is 2.31. The summed E-state index contributed by atoms with van der Waals surface area (Å²) in [4.78, 5) is 25.6. The van der Waals surface area contributed by atoms with Gasteiger partial charge in [-0.25, -0.2) is 9.18 Å². The van der Waals surface area contributed by atoms with Crippen LogP contribution in [-0.4, -0.2) is 35.5 Å². The number of nitrogens with one attached hydrogen (secondary N) is 2. The van der Waals surface area contributed by atoms with Gasteiger partial charge in [-0.1, -0.05) is 25.1 Å². The van der Waals surface area contributed by atoms with E-state index in [1.165, 1.54) is 6.07 Å². The Labute approximate surface area is 136 Å². The van der Waals surface area contributed by atoms with Crippen LogP contribution < -0.4 is 10.6 Å². The summed E-state index contributed by atoms with van der Waals surface area (Å²) in [6.45, 7) is 4.29. The summed E-state index contributed by atoms with van der Waals surface area (Å²) < 4.78 is 13.8. The van der Waals surface area contributed by atoms with Crippen molar-refractivity contribution in [3.05, 3.63) is 35.6 Å². The number of urea groups is 1. The molecule has 5 nitrogen and oxygen atoms in total. The van der Waals surface area contributed by atoms with Gasteiger partial charge in [0, 0.05) is 24.2 Å². The molecule has 126 valence electrons. The van der Waals surface area contributed by atoms with Crippen molar-refractivity contribution in [3.8, 4) is 0 Å². The Hall–Kier alpha value is -1.95. The van der Waals surface area contributed by atoms with E-state index in [0.29, 0.717) is 12.1 Å². The summed E-state index contributed by atoms with van der Waals surface area (Å²) in [5.74, 6) is -0.637. The van der Waals surface area contributed by atoms with Crippen LogP contribution in [0.2, 0.25) is 0 Å². The second kappa shape index (κ2) is 8.06. The molecule has 1 saturated carbocycles. The van der Waals surface area contributed by atoms with E-state index in [1.54, 1.807) is 18.2 Å². The average Bonchev–Trinajstić information content (AvgIpc) is 3.33. The van der Waals surface area contributed by atoms with Crippen molar-refractivity contribution < 1.29 is 14.0 Å². The van der Waals surface area contributed by atoms with E-state index in [2.05, 4.69) is 10.6 Å². The second-order valence-electron chi connectivity index (χ2n) is 6.06. The van der Waals surface area contributed by atoms with Gasteiger partial charge in [-0.2, -0.15) is 0 Å². The maximum atomic E-state index is 13.8. The molecular weight excluding hydrogens is 297 g/mol. The van der Waals surface area contributed by atoms with Crippen LogP contribution in [0.4, 0.5) is 9.18 Å². The maximum Gasteiger partial charge on any atom is 0.321 e. The standard InChI is InChI=1S/C17H24FN3O2/c1-3-12(2)19-17(23)20-16(22)11-21(14-8-9-14)10-13-6-4-5-7-15(13)18/h4-7,12,14H,3,8-11H2,1-2H3,(H2,19,20,22,23)/t12-/m0/s1. The molecule has 0 aliphatic heterocycles. The summed E-state index contributed by atoms with van der Waals surface area (Å²) in [6.07, 6.45) is 2.80. The number of nitrogens with zero attached hydrogens (tertiary/aromatic N) is 1. The Morgan fingerprint density at radius 1 is 1.35 bits per heavy atom. The van der Waals surface area contributed by atoms with Crippen LogP contribution in [0.3, 0.4) is 0 Å². The average molecular weight is 321 g/mol. The van der Waals surface area contributed by atoms with Crippen LogP contribution in [0.1, 0.15) is 38.7 Å². The molecule has 0 heterocycles. The Morgan fingerprint density at radius 2 is 2.04 bits per heavy atom. The number of hydrogen-bond acceptors (Lipinski definition) is 3. The molecule has 2 rings (SSSR count). The van der Waals surface area contributed by atoms with Gasteiger partial charge in [0.15, 0.2) is 0 Å². The molecule has 0 spiro atoms. The van der Waals surface area contributed by atoms with Crippen LogP contribution in [0, 0.1) is 5.82 Å². The van der Waals surface area contributed by atoms with Gasteiger partial charge >= 0.3 is 6.03 Å². The first kappa shape index (κ1) is 17.4. The quantitative estimate of drug-likeness (QED) is 0.811. The van der Waals surface area contributed by atoms with Gasteiger partial charge in [-0.15, -0.1) is 0 Å². The van der Waals surface area contributed by atoms with Crippen molar-refractivity contribution in [2.24, 2.45) is 0 Å². The second-order valence-corrected chi connectivity index (χ2v) is 6.06. The zero-order valence-corrected chi connectivity index (χ0v) is 13.6. The van der Waals surface area contributed by atoms with Crippen LogP contribution in [0.5, 0.6) is 0 Å². The number of halogens is 1. The van der Waals surface area contributed by atoms with Gasteiger partial charge in [0.05, 0.1) is 6.54 Å². The first-order valence-corrected chi connectivity index (χ1v) is 8.07. The largest absolute Gasteiger partial charge is 0.335 e. The zero-order chi connectivity index (χ0) is 16.8. The highest BCUT2D eigenvalue weighted by Gasteiger charge is 2.31. The lowest BCUT2D eigenvalue weighted by Crippen LogP contribution is -2.47. The van der Waals surface area contributed by atoms with Crippen molar-refractivity contribution in [3.63, 3.8) is 0 Å². The molecular formula is C17H24FN3O2. The third-order valence-corrected chi connectivity index (χ3v) is 3.98. The van der Waals surface area contributed by atoms with E-state index in [-0.39, 0.29) is 30.4 Å². The Kier molecular flexibility index (Phi) is 6.10. The van der Waals surface area contributed by atoms with Gasteiger partial charge in [0.1, 0.15) is 5.82 Å². The van der Waals surface area contributed by atoms with Gasteiger partial charge in [0.25, 0.3) is 0 Å². The molecule has 0 bridgehead atoms. The Morgan fingerprint density at radius 3 is 2.65 bits per heavy atom. The maximum absolute atomic E-state index is 13.8. The van der Waals surface area contributed by atoms with E-state index in [9.17, 15) is 14.0 Å². The number of rotatable bonds is 7. The van der Waals surface area contributed by atoms with Crippen molar-refractivity contribution in [1.29, 1.82) is 0 Å². The predicted octanol–water partition coefficient (Wildman–Crippen LogP) is 2.41. The van der Waals surface area contributed by atoms with E-state index in [4.69, 9.17) is 0 Å². The first-order chi connectivity index (χ1) is 11.0. The van der Waals surface area contributed by atoms with Gasteiger partial charge in [-0.3, -0.25) is 15.0 Å². The molecule has 6 heteroatoms. The molecule has 0 unspecified atom stereocenters. The zero-order valence-electron chi connectivity index (χ0n) is 13.6. The summed E-state index contributed by atoms with van der Waals surface area (Å²) >= 11 is 0. The van der Waals surface area contributed by atoms with Crippen LogP contribution >= 0.6 is 0 Å². The number of hydrogen-bond donors (Lipinski definition) is 2. The van der Waals surface area contributed by atoms with Crippen LogP contribution in [0.15, 0.2) is 24.3 Å². The van der Waals surface area contributed by atoms with Crippen molar-refractivity contribution in [2.75, 3.05) is 6.54 Å². The summed E-state index contributed by atoms with van der Waals surface area (Å²) in [7, 11) is 0. The monoisotopic (exact) mass is 321 g/mol. The van der Waals surface area contributed by atoms with Crippen molar-refractivity contribution >= 4 is 11.9 Å². The predicted molar refractivity (Wildman–Crippen MR) is 86.3 cm³/mol. The normalized spacial score (nSPS) is 15.3. The molecule has 2 N–H and O–H groups in total. The molecule has 0 radical (unpaired) electrons. The summed E-state index contributed by atoms with van der Waals surface area (Å²) in [6, 6.07) is 6.39. The summed E-state index contributed by atoms with van der Waals surface area (Å²) in [5, 5.41) is 5.02. The van der Waals surface area contributed by atoms with E-state index < -0.39 is 6.03 Å². The highest BCUT2D eigenvalue weighted by molar-refractivity contribution is 5.95. The van der Waals surface area contributed by atoms with E-state index in [0.717, 1.165) is 19.3 Å². The lowest BCUT2D eigenvalue weighted by atomic mass is 10.2. The van der Waals surface area contributed by atoms with Gasteiger partial charge in [0.2, 0.25) is 5.91 Å². The van der Waals surface area contributed by atoms with Crippen LogP contribution in [-0.2, 0) is 11.3 Å². The number of imide groups is 1. The lowest BCUT2D eigenvalue weighted by molar-refractivity contribution is -0.121. The Balaban J connectivity index is 1.88. The van der Waals surface area contributed by atoms with Crippen molar-refractivity contribution in [1.82, 2.24) is 15.5 Å². The fraction of sp³-hybridized carbons (Fsp3) is 0.529. The fourth-order valence-corrected chi connectivity index (χ4v) is 2.31. The van der Waals surface area contributed by atoms with Crippen LogP contribution in [0.25, 0.3) is 0 Å². The number of amides is 3. The third kappa shape index (κ3) is 5.63. The minimum Gasteiger partial charge on any atom is -0.335 e. The molecule has 1 atom stereocenters. The molecule has 3 amide bonds. The number of benzene rings is 1.